The highest BCUT2D eigenvalue weighted by Crippen LogP contribution is 2.50. The van der Waals surface area contributed by atoms with Crippen molar-refractivity contribution in [3.63, 3.8) is 0 Å². The van der Waals surface area contributed by atoms with Gasteiger partial charge in [-0.2, -0.15) is 0 Å². The summed E-state index contributed by atoms with van der Waals surface area (Å²) in [5, 5.41) is 13.1. The highest BCUT2D eigenvalue weighted by molar-refractivity contribution is 6.28. The molecule has 2 heteroatoms. The monoisotopic (exact) mass is 723 g/mol. The summed E-state index contributed by atoms with van der Waals surface area (Å²) in [6.07, 6.45) is 1.87. The van der Waals surface area contributed by atoms with Crippen LogP contribution in [0.25, 0.3) is 120 Å². The van der Waals surface area contributed by atoms with Crippen LogP contribution in [0.2, 0.25) is 0 Å². The summed E-state index contributed by atoms with van der Waals surface area (Å²) >= 11 is 0. The molecule has 0 N–H and O–H groups in total. The van der Waals surface area contributed by atoms with E-state index in [2.05, 4.69) is 188 Å². The van der Waals surface area contributed by atoms with Crippen LogP contribution in [-0.4, -0.2) is 4.98 Å². The largest absolute Gasteiger partial charge is 0.455 e. The van der Waals surface area contributed by atoms with Gasteiger partial charge in [-0.05, 0) is 94.7 Å². The second kappa shape index (κ2) is 12.5. The van der Waals surface area contributed by atoms with E-state index in [-0.39, 0.29) is 0 Å². The van der Waals surface area contributed by atoms with Crippen LogP contribution in [0.1, 0.15) is 0 Å². The Morgan fingerprint density at radius 1 is 0.333 bits per heavy atom. The van der Waals surface area contributed by atoms with Crippen molar-refractivity contribution in [3.05, 3.63) is 200 Å². The van der Waals surface area contributed by atoms with Gasteiger partial charge in [-0.25, -0.2) is 0 Å². The van der Waals surface area contributed by atoms with Crippen molar-refractivity contribution >= 4 is 75.9 Å². The lowest BCUT2D eigenvalue weighted by Gasteiger charge is -2.18. The number of aromatic nitrogens is 1. The third-order valence-electron chi connectivity index (χ3n) is 11.9. The number of nitrogens with zero attached hydrogens (tertiary/aromatic N) is 1. The molecule has 12 rings (SSSR count). The maximum atomic E-state index is 7.06. The number of hydrogen-bond acceptors (Lipinski definition) is 2. The maximum Gasteiger partial charge on any atom is 0.143 e. The van der Waals surface area contributed by atoms with Crippen molar-refractivity contribution in [1.82, 2.24) is 4.98 Å². The van der Waals surface area contributed by atoms with Crippen molar-refractivity contribution in [2.45, 2.75) is 0 Å². The molecule has 0 unspecified atom stereocenters. The van der Waals surface area contributed by atoms with Gasteiger partial charge in [0.25, 0.3) is 0 Å². The van der Waals surface area contributed by atoms with E-state index in [9.17, 15) is 0 Å². The first-order chi connectivity index (χ1) is 28.3. The average molecular weight is 724 g/mol. The molecule has 0 spiro atoms. The average Bonchev–Trinajstić information content (AvgIpc) is 3.67. The van der Waals surface area contributed by atoms with Gasteiger partial charge in [0.2, 0.25) is 0 Å². The quantitative estimate of drug-likeness (QED) is 0.169. The zero-order valence-corrected chi connectivity index (χ0v) is 30.9. The lowest BCUT2D eigenvalue weighted by Crippen LogP contribution is -1.92. The summed E-state index contributed by atoms with van der Waals surface area (Å²) in [7, 11) is 0. The molecule has 0 aliphatic rings. The SMILES string of the molecule is c1ccc(-c2c3ccccc3c(-c3cccc4c3oc3cccc(-c5c6ccccc6c(-c6ccc7cccnc7c6)c6ccccc56)c34)c3ccccc23)cc1. The minimum Gasteiger partial charge on any atom is -0.455 e. The van der Waals surface area contributed by atoms with Crippen molar-refractivity contribution in [1.29, 1.82) is 0 Å². The molecule has 264 valence electrons. The first-order valence-electron chi connectivity index (χ1n) is 19.5. The Hall–Kier alpha value is -7.55. The van der Waals surface area contributed by atoms with Gasteiger partial charge < -0.3 is 4.42 Å². The van der Waals surface area contributed by atoms with Crippen LogP contribution < -0.4 is 0 Å². The predicted octanol–water partition coefficient (Wildman–Crippen LogP) is 15.4. The van der Waals surface area contributed by atoms with Gasteiger partial charge in [-0.1, -0.05) is 176 Å². The van der Waals surface area contributed by atoms with Gasteiger partial charge >= 0.3 is 0 Å². The number of para-hydroxylation sites is 1. The number of benzene rings is 10. The van der Waals surface area contributed by atoms with E-state index in [0.29, 0.717) is 0 Å². The Morgan fingerprint density at radius 3 is 1.44 bits per heavy atom. The molecule has 0 aliphatic carbocycles. The topological polar surface area (TPSA) is 26.0 Å². The standard InChI is InChI=1S/C55H33NO/c1-2-15-35(16-3-1)50-37-18-4-10-24-43(37)53(44-25-11-5-19-38(44)50)46-27-12-28-47-54-45(26-13-29-49(54)57-55(46)47)52-41-22-8-6-20-39(41)51(40-21-7-9-23-42(40)52)36-31-30-34-17-14-32-56-48(34)33-36/h1-33H. The Kier molecular flexibility index (Phi) is 6.96. The van der Waals surface area contributed by atoms with Crippen LogP contribution in [-0.2, 0) is 0 Å². The Labute approximate surface area is 328 Å². The smallest absolute Gasteiger partial charge is 0.143 e. The minimum atomic E-state index is 0.877. The molecule has 2 heterocycles. The van der Waals surface area contributed by atoms with E-state index in [1.807, 2.05) is 12.3 Å². The molecule has 0 amide bonds. The third-order valence-corrected chi connectivity index (χ3v) is 11.9. The summed E-state index contributed by atoms with van der Waals surface area (Å²) in [5.74, 6) is 0. The van der Waals surface area contributed by atoms with Gasteiger partial charge in [0, 0.05) is 33.5 Å². The normalized spacial score (nSPS) is 11.9. The van der Waals surface area contributed by atoms with E-state index < -0.39 is 0 Å². The number of rotatable bonds is 4. The summed E-state index contributed by atoms with van der Waals surface area (Å²) in [6, 6.07) is 70.1. The van der Waals surface area contributed by atoms with Crippen LogP contribution in [0.5, 0.6) is 0 Å². The van der Waals surface area contributed by atoms with E-state index >= 15 is 0 Å². The van der Waals surface area contributed by atoms with Crippen molar-refractivity contribution < 1.29 is 4.42 Å². The summed E-state index contributed by atoms with van der Waals surface area (Å²) in [6.45, 7) is 0. The summed E-state index contributed by atoms with van der Waals surface area (Å²) in [5.41, 5.74) is 12.3. The minimum absolute atomic E-state index is 0.877. The molecule has 0 saturated heterocycles. The molecule has 57 heavy (non-hydrogen) atoms. The molecule has 0 fully saturated rings. The van der Waals surface area contributed by atoms with Crippen molar-refractivity contribution in [2.75, 3.05) is 0 Å². The lowest BCUT2D eigenvalue weighted by atomic mass is 9.84. The lowest BCUT2D eigenvalue weighted by molar-refractivity contribution is 0.670. The van der Waals surface area contributed by atoms with Crippen LogP contribution >= 0.6 is 0 Å². The third kappa shape index (κ3) is 4.74. The molecular weight excluding hydrogens is 691 g/mol. The zero-order chi connectivity index (χ0) is 37.5. The summed E-state index contributed by atoms with van der Waals surface area (Å²) < 4.78 is 7.06. The maximum absolute atomic E-state index is 7.06. The molecule has 0 radical (unpaired) electrons. The van der Waals surface area contributed by atoms with Gasteiger partial charge in [-0.15, -0.1) is 0 Å². The van der Waals surface area contributed by atoms with Gasteiger partial charge in [0.1, 0.15) is 11.2 Å². The highest BCUT2D eigenvalue weighted by Gasteiger charge is 2.23. The Bertz CT molecular complexity index is 3460. The molecule has 0 aliphatic heterocycles. The fourth-order valence-corrected chi connectivity index (χ4v) is 9.54. The van der Waals surface area contributed by atoms with Crippen molar-refractivity contribution in [2.24, 2.45) is 0 Å². The first kappa shape index (κ1) is 31.8. The van der Waals surface area contributed by atoms with Gasteiger partial charge in [0.05, 0.1) is 5.52 Å². The van der Waals surface area contributed by atoms with E-state index in [1.165, 1.54) is 70.9 Å². The molecule has 2 aromatic heterocycles. The molecule has 0 bridgehead atoms. The molecular formula is C55H33NO. The zero-order valence-electron chi connectivity index (χ0n) is 30.9. The van der Waals surface area contributed by atoms with E-state index in [4.69, 9.17) is 9.40 Å². The van der Waals surface area contributed by atoms with Crippen molar-refractivity contribution in [3.8, 4) is 44.5 Å². The second-order valence-electron chi connectivity index (χ2n) is 14.9. The molecule has 12 aromatic rings. The highest BCUT2D eigenvalue weighted by atomic mass is 16.3. The number of hydrogen-bond donors (Lipinski definition) is 0. The van der Waals surface area contributed by atoms with Crippen LogP contribution in [0, 0.1) is 0 Å². The van der Waals surface area contributed by atoms with E-state index in [0.717, 1.165) is 49.5 Å². The van der Waals surface area contributed by atoms with Crippen LogP contribution in [0.15, 0.2) is 205 Å². The Balaban J connectivity index is 1.16. The molecule has 0 saturated carbocycles. The van der Waals surface area contributed by atoms with Crippen LogP contribution in [0.4, 0.5) is 0 Å². The predicted molar refractivity (Wildman–Crippen MR) is 241 cm³/mol. The second-order valence-corrected chi connectivity index (χ2v) is 14.9. The molecule has 2 nitrogen and oxygen atoms in total. The summed E-state index contributed by atoms with van der Waals surface area (Å²) in [4.78, 5) is 4.72. The van der Waals surface area contributed by atoms with E-state index in [1.54, 1.807) is 0 Å². The number of furan rings is 1. The van der Waals surface area contributed by atoms with Gasteiger partial charge in [0.15, 0.2) is 0 Å². The Morgan fingerprint density at radius 2 is 0.825 bits per heavy atom. The molecule has 0 atom stereocenters. The molecule has 10 aromatic carbocycles. The number of pyridine rings is 1. The van der Waals surface area contributed by atoms with Crippen LogP contribution in [0.3, 0.4) is 0 Å². The first-order valence-corrected chi connectivity index (χ1v) is 19.5. The van der Waals surface area contributed by atoms with Gasteiger partial charge in [-0.3, -0.25) is 4.98 Å². The fourth-order valence-electron chi connectivity index (χ4n) is 9.54. The number of fused-ring (bicyclic) bond motifs is 8. The fraction of sp³-hybridized carbons (Fsp3) is 0.